The number of fused-ring (bicyclic) bond motifs is 1. The Labute approximate surface area is 160 Å². The Bertz CT molecular complexity index is 620. The second kappa shape index (κ2) is 9.88. The fourth-order valence-electron chi connectivity index (χ4n) is 2.77. The summed E-state index contributed by atoms with van der Waals surface area (Å²) >= 11 is 6.28. The standard InChI is InChI=1S/C19H28ClN3O3/c1-21-19(22-6-2-8-24-13-14-3-4-14)23-7-5-15-11-16(20)18-17(12-15)25-9-10-26-18/h11-12,14H,2-10,13H2,1H3,(H2,21,22,23). The predicted molar refractivity (Wildman–Crippen MR) is 104 cm³/mol. The van der Waals surface area contributed by atoms with Gasteiger partial charge in [0.15, 0.2) is 17.5 Å². The van der Waals surface area contributed by atoms with E-state index in [1.807, 2.05) is 12.1 Å². The molecule has 2 N–H and O–H groups in total. The van der Waals surface area contributed by atoms with Gasteiger partial charge in [0.2, 0.25) is 0 Å². The first-order valence-corrected chi connectivity index (χ1v) is 9.74. The first-order valence-electron chi connectivity index (χ1n) is 9.36. The summed E-state index contributed by atoms with van der Waals surface area (Å²) in [5.74, 6) is 3.01. The minimum absolute atomic E-state index is 0.543. The molecule has 0 saturated heterocycles. The van der Waals surface area contributed by atoms with Crippen molar-refractivity contribution in [2.75, 3.05) is 46.6 Å². The van der Waals surface area contributed by atoms with Crippen molar-refractivity contribution < 1.29 is 14.2 Å². The van der Waals surface area contributed by atoms with Gasteiger partial charge in [-0.1, -0.05) is 11.6 Å². The second-order valence-corrected chi connectivity index (χ2v) is 7.06. The highest BCUT2D eigenvalue weighted by atomic mass is 35.5. The third kappa shape index (κ3) is 5.95. The zero-order valence-corrected chi connectivity index (χ0v) is 16.1. The van der Waals surface area contributed by atoms with Crippen LogP contribution in [0.1, 0.15) is 24.8 Å². The number of nitrogens with one attached hydrogen (secondary N) is 2. The largest absolute Gasteiger partial charge is 0.486 e. The number of aliphatic imine (C=N–C) groups is 1. The highest BCUT2D eigenvalue weighted by molar-refractivity contribution is 6.32. The van der Waals surface area contributed by atoms with Crippen LogP contribution in [0.3, 0.4) is 0 Å². The van der Waals surface area contributed by atoms with Crippen molar-refractivity contribution in [3.05, 3.63) is 22.7 Å². The molecule has 3 rings (SSSR count). The number of benzene rings is 1. The molecule has 1 fully saturated rings. The van der Waals surface area contributed by atoms with E-state index in [-0.39, 0.29) is 0 Å². The summed E-state index contributed by atoms with van der Waals surface area (Å²) in [7, 11) is 1.78. The first kappa shape index (κ1) is 19.1. The Kier molecular flexibility index (Phi) is 7.26. The molecule has 0 aromatic heterocycles. The van der Waals surface area contributed by atoms with E-state index in [9.17, 15) is 0 Å². The summed E-state index contributed by atoms with van der Waals surface area (Å²) in [6.07, 6.45) is 4.47. The Morgan fingerprint density at radius 2 is 2.04 bits per heavy atom. The number of ether oxygens (including phenoxy) is 3. The van der Waals surface area contributed by atoms with E-state index in [4.69, 9.17) is 25.8 Å². The average Bonchev–Trinajstić information content (AvgIpc) is 3.47. The minimum Gasteiger partial charge on any atom is -0.486 e. The fraction of sp³-hybridized carbons (Fsp3) is 0.632. The zero-order chi connectivity index (χ0) is 18.2. The molecule has 144 valence electrons. The van der Waals surface area contributed by atoms with E-state index in [1.54, 1.807) is 7.05 Å². The van der Waals surface area contributed by atoms with Gasteiger partial charge in [0.25, 0.3) is 0 Å². The zero-order valence-electron chi connectivity index (χ0n) is 15.4. The highest BCUT2D eigenvalue weighted by Crippen LogP contribution is 2.38. The normalized spacial score (nSPS) is 16.5. The molecule has 1 aromatic rings. The van der Waals surface area contributed by atoms with Crippen molar-refractivity contribution in [3.63, 3.8) is 0 Å². The number of nitrogens with zero attached hydrogens (tertiary/aromatic N) is 1. The maximum absolute atomic E-state index is 6.28. The summed E-state index contributed by atoms with van der Waals surface area (Å²) in [5, 5.41) is 7.23. The molecule has 1 aromatic carbocycles. The highest BCUT2D eigenvalue weighted by Gasteiger charge is 2.20. The van der Waals surface area contributed by atoms with Gasteiger partial charge in [-0.25, -0.2) is 0 Å². The molecule has 0 amide bonds. The van der Waals surface area contributed by atoms with Gasteiger partial charge < -0.3 is 24.8 Å². The van der Waals surface area contributed by atoms with Crippen LogP contribution in [0.5, 0.6) is 11.5 Å². The minimum atomic E-state index is 0.543. The lowest BCUT2D eigenvalue weighted by molar-refractivity contribution is 0.123. The summed E-state index contributed by atoms with van der Waals surface area (Å²) in [4.78, 5) is 4.25. The molecule has 0 atom stereocenters. The van der Waals surface area contributed by atoms with Crippen LogP contribution in [0.25, 0.3) is 0 Å². The fourth-order valence-corrected chi connectivity index (χ4v) is 3.06. The van der Waals surface area contributed by atoms with Gasteiger partial charge in [-0.05, 0) is 49.3 Å². The van der Waals surface area contributed by atoms with Crippen LogP contribution in [-0.4, -0.2) is 52.5 Å². The molecule has 0 unspecified atom stereocenters. The van der Waals surface area contributed by atoms with Crippen molar-refractivity contribution in [2.24, 2.45) is 10.9 Å². The molecule has 6 nitrogen and oxygen atoms in total. The number of guanidine groups is 1. The molecule has 26 heavy (non-hydrogen) atoms. The summed E-state index contributed by atoms with van der Waals surface area (Å²) in [5.41, 5.74) is 1.11. The summed E-state index contributed by atoms with van der Waals surface area (Å²) in [6.45, 7) is 4.43. The summed E-state index contributed by atoms with van der Waals surface area (Å²) in [6, 6.07) is 3.93. The third-order valence-corrected chi connectivity index (χ3v) is 4.68. The van der Waals surface area contributed by atoms with Crippen molar-refractivity contribution >= 4 is 17.6 Å². The quantitative estimate of drug-likeness (QED) is 0.391. The predicted octanol–water partition coefficient (Wildman–Crippen LogP) is 2.64. The monoisotopic (exact) mass is 381 g/mol. The van der Waals surface area contributed by atoms with Gasteiger partial charge in [0.05, 0.1) is 5.02 Å². The van der Waals surface area contributed by atoms with E-state index in [0.29, 0.717) is 24.0 Å². The molecule has 0 radical (unpaired) electrons. The maximum atomic E-state index is 6.28. The van der Waals surface area contributed by atoms with Gasteiger partial charge in [-0.2, -0.15) is 0 Å². The molecule has 0 spiro atoms. The topological polar surface area (TPSA) is 64.1 Å². The molecule has 1 heterocycles. The van der Waals surface area contributed by atoms with Crippen LogP contribution in [0.4, 0.5) is 0 Å². The van der Waals surface area contributed by atoms with Gasteiger partial charge in [-0.15, -0.1) is 0 Å². The van der Waals surface area contributed by atoms with Gasteiger partial charge in [-0.3, -0.25) is 4.99 Å². The van der Waals surface area contributed by atoms with Crippen LogP contribution in [0, 0.1) is 5.92 Å². The van der Waals surface area contributed by atoms with Crippen LogP contribution < -0.4 is 20.1 Å². The number of hydrogen-bond acceptors (Lipinski definition) is 4. The average molecular weight is 382 g/mol. The van der Waals surface area contributed by atoms with E-state index in [1.165, 1.54) is 12.8 Å². The van der Waals surface area contributed by atoms with E-state index >= 15 is 0 Å². The van der Waals surface area contributed by atoms with E-state index in [0.717, 1.165) is 62.3 Å². The smallest absolute Gasteiger partial charge is 0.190 e. The molecule has 2 aliphatic rings. The Hall–Kier alpha value is -1.66. The SMILES string of the molecule is CN=C(NCCCOCC1CC1)NCCc1cc(Cl)c2c(c1)OCCO2. The van der Waals surface area contributed by atoms with E-state index in [2.05, 4.69) is 15.6 Å². The van der Waals surface area contributed by atoms with Crippen LogP contribution in [0.2, 0.25) is 5.02 Å². The molecule has 1 aliphatic heterocycles. The molecule has 1 saturated carbocycles. The second-order valence-electron chi connectivity index (χ2n) is 6.65. The molecule has 7 heteroatoms. The van der Waals surface area contributed by atoms with Crippen LogP contribution in [0.15, 0.2) is 17.1 Å². The maximum Gasteiger partial charge on any atom is 0.190 e. The Morgan fingerprint density at radius 1 is 1.23 bits per heavy atom. The number of hydrogen-bond donors (Lipinski definition) is 2. The van der Waals surface area contributed by atoms with E-state index < -0.39 is 0 Å². The molecular formula is C19H28ClN3O3. The van der Waals surface area contributed by atoms with Gasteiger partial charge in [0.1, 0.15) is 13.2 Å². The molecule has 1 aliphatic carbocycles. The summed E-state index contributed by atoms with van der Waals surface area (Å²) < 4.78 is 16.8. The molecule has 0 bridgehead atoms. The van der Waals surface area contributed by atoms with Crippen molar-refractivity contribution in [1.29, 1.82) is 0 Å². The van der Waals surface area contributed by atoms with Gasteiger partial charge >= 0.3 is 0 Å². The number of rotatable bonds is 9. The lowest BCUT2D eigenvalue weighted by Gasteiger charge is -2.20. The van der Waals surface area contributed by atoms with Crippen molar-refractivity contribution in [2.45, 2.75) is 25.7 Å². The van der Waals surface area contributed by atoms with Gasteiger partial charge in [0, 0.05) is 33.4 Å². The lowest BCUT2D eigenvalue weighted by Crippen LogP contribution is -2.39. The number of halogens is 1. The van der Waals surface area contributed by atoms with Crippen molar-refractivity contribution in [3.8, 4) is 11.5 Å². The lowest BCUT2D eigenvalue weighted by atomic mass is 10.1. The third-order valence-electron chi connectivity index (χ3n) is 4.39. The molecular weight excluding hydrogens is 354 g/mol. The van der Waals surface area contributed by atoms with Crippen LogP contribution >= 0.6 is 11.6 Å². The van der Waals surface area contributed by atoms with Crippen molar-refractivity contribution in [1.82, 2.24) is 10.6 Å². The Balaban J connectivity index is 1.34. The Morgan fingerprint density at radius 3 is 2.85 bits per heavy atom. The first-order chi connectivity index (χ1) is 12.8. The van der Waals surface area contributed by atoms with Crippen LogP contribution in [-0.2, 0) is 11.2 Å².